The van der Waals surface area contributed by atoms with Crippen molar-refractivity contribution in [3.63, 3.8) is 0 Å². The standard InChI is InChI=1S/C15H27N3O4/c1-5-22-15(21)18-8-6-17(7-9-18)14(20)12(4)16-13(19)10-11(2)3/h11-12H,5-10H2,1-4H3,(H,16,19)/t12-/m0/s1. The maximum Gasteiger partial charge on any atom is 0.409 e. The first-order chi connectivity index (χ1) is 10.3. The number of carbonyl (C=O) groups excluding carboxylic acids is 3. The van der Waals surface area contributed by atoms with E-state index in [0.717, 1.165) is 0 Å². The van der Waals surface area contributed by atoms with E-state index in [4.69, 9.17) is 4.74 Å². The smallest absolute Gasteiger partial charge is 0.409 e. The van der Waals surface area contributed by atoms with Crippen LogP contribution in [0.1, 0.15) is 34.1 Å². The van der Waals surface area contributed by atoms with Gasteiger partial charge in [0, 0.05) is 32.6 Å². The summed E-state index contributed by atoms with van der Waals surface area (Å²) in [6.07, 6.45) is 0.0710. The van der Waals surface area contributed by atoms with Crippen molar-refractivity contribution >= 4 is 17.9 Å². The Bertz CT molecular complexity index is 404. The fraction of sp³-hybridized carbons (Fsp3) is 0.800. The fourth-order valence-corrected chi connectivity index (χ4v) is 2.33. The number of hydrogen-bond donors (Lipinski definition) is 1. The Labute approximate surface area is 132 Å². The van der Waals surface area contributed by atoms with Gasteiger partial charge < -0.3 is 19.9 Å². The summed E-state index contributed by atoms with van der Waals surface area (Å²) < 4.78 is 4.94. The summed E-state index contributed by atoms with van der Waals surface area (Å²) in [7, 11) is 0. The molecule has 0 aromatic heterocycles. The molecule has 0 unspecified atom stereocenters. The molecule has 126 valence electrons. The maximum atomic E-state index is 12.3. The molecule has 3 amide bonds. The number of hydrogen-bond acceptors (Lipinski definition) is 4. The molecule has 0 radical (unpaired) electrons. The molecule has 7 heteroatoms. The van der Waals surface area contributed by atoms with Gasteiger partial charge in [0.25, 0.3) is 0 Å². The van der Waals surface area contributed by atoms with Gasteiger partial charge in [-0.25, -0.2) is 4.79 Å². The highest BCUT2D eigenvalue weighted by Gasteiger charge is 2.28. The molecule has 7 nitrogen and oxygen atoms in total. The van der Waals surface area contributed by atoms with Crippen molar-refractivity contribution in [1.29, 1.82) is 0 Å². The number of amides is 3. The van der Waals surface area contributed by atoms with Gasteiger partial charge in [-0.15, -0.1) is 0 Å². The van der Waals surface area contributed by atoms with Gasteiger partial charge in [-0.2, -0.15) is 0 Å². The van der Waals surface area contributed by atoms with E-state index in [0.29, 0.717) is 39.2 Å². The Hall–Kier alpha value is -1.79. The minimum atomic E-state index is -0.541. The van der Waals surface area contributed by atoms with Crippen LogP contribution < -0.4 is 5.32 Å². The number of rotatable bonds is 5. The normalized spacial score (nSPS) is 16.4. The Morgan fingerprint density at radius 3 is 2.09 bits per heavy atom. The lowest BCUT2D eigenvalue weighted by atomic mass is 10.1. The summed E-state index contributed by atoms with van der Waals surface area (Å²) >= 11 is 0. The molecular formula is C15H27N3O4. The third-order valence-corrected chi connectivity index (χ3v) is 3.46. The van der Waals surface area contributed by atoms with E-state index < -0.39 is 6.04 Å². The highest BCUT2D eigenvalue weighted by atomic mass is 16.6. The predicted molar refractivity (Wildman–Crippen MR) is 82.2 cm³/mol. The first-order valence-electron chi connectivity index (χ1n) is 7.85. The number of ether oxygens (including phenoxy) is 1. The topological polar surface area (TPSA) is 79.0 Å². The molecule has 0 saturated carbocycles. The molecule has 0 aromatic rings. The van der Waals surface area contributed by atoms with Crippen molar-refractivity contribution in [1.82, 2.24) is 15.1 Å². The third kappa shape index (κ3) is 5.54. The highest BCUT2D eigenvalue weighted by Crippen LogP contribution is 2.06. The van der Waals surface area contributed by atoms with Gasteiger partial charge in [0.05, 0.1) is 6.61 Å². The van der Waals surface area contributed by atoms with Crippen LogP contribution in [0.2, 0.25) is 0 Å². The molecule has 1 heterocycles. The minimum absolute atomic E-state index is 0.110. The van der Waals surface area contributed by atoms with Crippen molar-refractivity contribution in [2.75, 3.05) is 32.8 Å². The average Bonchev–Trinajstić information content (AvgIpc) is 2.45. The third-order valence-electron chi connectivity index (χ3n) is 3.46. The van der Waals surface area contributed by atoms with Crippen molar-refractivity contribution in [2.24, 2.45) is 5.92 Å². The molecule has 22 heavy (non-hydrogen) atoms. The van der Waals surface area contributed by atoms with E-state index >= 15 is 0 Å². The zero-order valence-electron chi connectivity index (χ0n) is 13.9. The molecular weight excluding hydrogens is 286 g/mol. The second-order valence-corrected chi connectivity index (χ2v) is 5.90. The SMILES string of the molecule is CCOC(=O)N1CCN(C(=O)[C@H](C)NC(=O)CC(C)C)CC1. The van der Waals surface area contributed by atoms with Crippen molar-refractivity contribution in [3.8, 4) is 0 Å². The molecule has 0 spiro atoms. The predicted octanol–water partition coefficient (Wildman–Crippen LogP) is 0.838. The maximum absolute atomic E-state index is 12.3. The van der Waals surface area contributed by atoms with E-state index in [-0.39, 0.29) is 23.8 Å². The molecule has 1 saturated heterocycles. The number of carbonyl (C=O) groups is 3. The van der Waals surface area contributed by atoms with Crippen LogP contribution in [0, 0.1) is 5.92 Å². The van der Waals surface area contributed by atoms with Gasteiger partial charge in [0.15, 0.2) is 0 Å². The molecule has 1 fully saturated rings. The quantitative estimate of drug-likeness (QED) is 0.815. The van der Waals surface area contributed by atoms with E-state index in [1.165, 1.54) is 0 Å². The Balaban J connectivity index is 2.41. The van der Waals surface area contributed by atoms with E-state index in [9.17, 15) is 14.4 Å². The van der Waals surface area contributed by atoms with Crippen LogP contribution in [-0.4, -0.2) is 66.5 Å². The summed E-state index contributed by atoms with van der Waals surface area (Å²) in [6, 6.07) is -0.541. The van der Waals surface area contributed by atoms with E-state index in [1.807, 2.05) is 13.8 Å². The van der Waals surface area contributed by atoms with Crippen LogP contribution in [0.3, 0.4) is 0 Å². The van der Waals surface area contributed by atoms with Crippen LogP contribution in [0.25, 0.3) is 0 Å². The zero-order valence-corrected chi connectivity index (χ0v) is 13.9. The molecule has 0 aliphatic carbocycles. The van der Waals surface area contributed by atoms with Gasteiger partial charge in [0.1, 0.15) is 6.04 Å². The molecule has 1 N–H and O–H groups in total. The largest absolute Gasteiger partial charge is 0.450 e. The van der Waals surface area contributed by atoms with Crippen LogP contribution in [0.15, 0.2) is 0 Å². The summed E-state index contributed by atoms with van der Waals surface area (Å²) in [5.74, 6) is 0.0389. The van der Waals surface area contributed by atoms with Gasteiger partial charge in [-0.1, -0.05) is 13.8 Å². The lowest BCUT2D eigenvalue weighted by Gasteiger charge is -2.35. The lowest BCUT2D eigenvalue weighted by Crippen LogP contribution is -2.55. The van der Waals surface area contributed by atoms with Crippen LogP contribution in [-0.2, 0) is 14.3 Å². The van der Waals surface area contributed by atoms with Gasteiger partial charge >= 0.3 is 6.09 Å². The van der Waals surface area contributed by atoms with Crippen LogP contribution in [0.5, 0.6) is 0 Å². The monoisotopic (exact) mass is 313 g/mol. The Morgan fingerprint density at radius 2 is 1.59 bits per heavy atom. The van der Waals surface area contributed by atoms with Crippen molar-refractivity contribution < 1.29 is 19.1 Å². The first-order valence-corrected chi connectivity index (χ1v) is 7.85. The average molecular weight is 313 g/mol. The molecule has 1 atom stereocenters. The first kappa shape index (κ1) is 18.3. The summed E-state index contributed by atoms with van der Waals surface area (Å²) in [5, 5.41) is 2.73. The Kier molecular flexibility index (Phi) is 7.14. The van der Waals surface area contributed by atoms with Gasteiger partial charge in [-0.05, 0) is 19.8 Å². The lowest BCUT2D eigenvalue weighted by molar-refractivity contribution is -0.137. The second kappa shape index (κ2) is 8.60. The van der Waals surface area contributed by atoms with Crippen molar-refractivity contribution in [3.05, 3.63) is 0 Å². The summed E-state index contributed by atoms with van der Waals surface area (Å²) in [6.45, 7) is 9.55. The highest BCUT2D eigenvalue weighted by molar-refractivity contribution is 5.87. The van der Waals surface area contributed by atoms with E-state index in [2.05, 4.69) is 5.32 Å². The molecule has 0 aromatic carbocycles. The summed E-state index contributed by atoms with van der Waals surface area (Å²) in [5.41, 5.74) is 0. The van der Waals surface area contributed by atoms with Gasteiger partial charge in [0.2, 0.25) is 11.8 Å². The second-order valence-electron chi connectivity index (χ2n) is 5.90. The van der Waals surface area contributed by atoms with Gasteiger partial charge in [-0.3, -0.25) is 9.59 Å². The Morgan fingerprint density at radius 1 is 1.05 bits per heavy atom. The molecule has 1 aliphatic heterocycles. The van der Waals surface area contributed by atoms with Crippen LogP contribution in [0.4, 0.5) is 4.79 Å². The number of nitrogens with one attached hydrogen (secondary N) is 1. The zero-order chi connectivity index (χ0) is 16.7. The summed E-state index contributed by atoms with van der Waals surface area (Å²) in [4.78, 5) is 38.9. The minimum Gasteiger partial charge on any atom is -0.450 e. The molecule has 1 aliphatic rings. The van der Waals surface area contributed by atoms with Crippen molar-refractivity contribution in [2.45, 2.75) is 40.2 Å². The number of piperazine rings is 1. The molecule has 0 bridgehead atoms. The van der Waals surface area contributed by atoms with Crippen LogP contribution >= 0.6 is 0 Å². The molecule has 1 rings (SSSR count). The number of nitrogens with zero attached hydrogens (tertiary/aromatic N) is 2. The van der Waals surface area contributed by atoms with E-state index in [1.54, 1.807) is 23.6 Å². The fourth-order valence-electron chi connectivity index (χ4n) is 2.33.